The Bertz CT molecular complexity index is 205. The van der Waals surface area contributed by atoms with Gasteiger partial charge in [-0.25, -0.2) is 0 Å². The van der Waals surface area contributed by atoms with E-state index in [4.69, 9.17) is 5.73 Å². The lowest BCUT2D eigenvalue weighted by molar-refractivity contribution is 1.29. The molecule has 0 saturated heterocycles. The number of rotatable bonds is 0. The molecular weight excluding hydrogens is 142 g/mol. The molecular formula is C8H11NS. The highest BCUT2D eigenvalue weighted by Crippen LogP contribution is 2.20. The van der Waals surface area contributed by atoms with Crippen molar-refractivity contribution in [1.29, 1.82) is 0 Å². The number of hydrogen-bond donors (Lipinski definition) is 2. The quantitative estimate of drug-likeness (QED) is 0.433. The van der Waals surface area contributed by atoms with Gasteiger partial charge in [0, 0.05) is 10.6 Å². The zero-order valence-electron chi connectivity index (χ0n) is 6.18. The molecule has 54 valence electrons. The van der Waals surface area contributed by atoms with Crippen molar-refractivity contribution in [3.05, 3.63) is 23.3 Å². The van der Waals surface area contributed by atoms with Gasteiger partial charge in [-0.1, -0.05) is 0 Å². The second kappa shape index (κ2) is 2.54. The molecule has 2 N–H and O–H groups in total. The van der Waals surface area contributed by atoms with Gasteiger partial charge in [-0.2, -0.15) is 0 Å². The fourth-order valence-electron chi connectivity index (χ4n) is 0.823. The predicted molar refractivity (Wildman–Crippen MR) is 47.6 cm³/mol. The maximum atomic E-state index is 5.61. The minimum absolute atomic E-state index is 0.756. The summed E-state index contributed by atoms with van der Waals surface area (Å²) < 4.78 is 0. The Morgan fingerprint density at radius 2 is 1.70 bits per heavy atom. The van der Waals surface area contributed by atoms with Crippen molar-refractivity contribution in [3.63, 3.8) is 0 Å². The van der Waals surface area contributed by atoms with Crippen LogP contribution in [0.15, 0.2) is 17.0 Å². The summed E-state index contributed by atoms with van der Waals surface area (Å²) in [6, 6.07) is 3.92. The van der Waals surface area contributed by atoms with Crippen molar-refractivity contribution in [2.24, 2.45) is 0 Å². The van der Waals surface area contributed by atoms with E-state index in [-0.39, 0.29) is 0 Å². The Kier molecular flexibility index (Phi) is 1.90. The van der Waals surface area contributed by atoms with Gasteiger partial charge in [0.05, 0.1) is 0 Å². The van der Waals surface area contributed by atoms with Crippen LogP contribution in [0.3, 0.4) is 0 Å². The zero-order chi connectivity index (χ0) is 7.72. The van der Waals surface area contributed by atoms with Crippen LogP contribution in [-0.2, 0) is 0 Å². The molecule has 2 heteroatoms. The Morgan fingerprint density at radius 3 is 2.20 bits per heavy atom. The molecule has 1 aromatic carbocycles. The number of nitrogens with two attached hydrogens (primary N) is 1. The van der Waals surface area contributed by atoms with E-state index in [2.05, 4.69) is 19.6 Å². The average molecular weight is 153 g/mol. The third kappa shape index (κ3) is 1.27. The molecule has 0 unspecified atom stereocenters. The summed E-state index contributed by atoms with van der Waals surface area (Å²) in [5.41, 5.74) is 8.82. The topological polar surface area (TPSA) is 26.0 Å². The second-order valence-electron chi connectivity index (χ2n) is 2.50. The smallest absolute Gasteiger partial charge is 0.0452 e. The van der Waals surface area contributed by atoms with E-state index < -0.39 is 0 Å². The van der Waals surface area contributed by atoms with Crippen LogP contribution in [0, 0.1) is 13.8 Å². The normalized spacial score (nSPS) is 9.90. The summed E-state index contributed by atoms with van der Waals surface area (Å²) in [7, 11) is 0. The molecule has 0 heterocycles. The van der Waals surface area contributed by atoms with E-state index in [0.717, 1.165) is 10.6 Å². The minimum atomic E-state index is 0.756. The van der Waals surface area contributed by atoms with Gasteiger partial charge in [-0.05, 0) is 37.1 Å². The lowest BCUT2D eigenvalue weighted by Crippen LogP contribution is -1.89. The first-order valence-corrected chi connectivity index (χ1v) is 3.61. The van der Waals surface area contributed by atoms with E-state index >= 15 is 0 Å². The fraction of sp³-hybridized carbons (Fsp3) is 0.250. The molecule has 0 spiro atoms. The summed E-state index contributed by atoms with van der Waals surface area (Å²) in [4.78, 5) is 0.864. The summed E-state index contributed by atoms with van der Waals surface area (Å²) in [6.45, 7) is 4.09. The van der Waals surface area contributed by atoms with E-state index in [1.165, 1.54) is 11.1 Å². The molecule has 0 aliphatic heterocycles. The monoisotopic (exact) mass is 153 g/mol. The summed E-state index contributed by atoms with van der Waals surface area (Å²) in [6.07, 6.45) is 0. The van der Waals surface area contributed by atoms with Crippen LogP contribution in [0.25, 0.3) is 0 Å². The molecule has 0 aromatic heterocycles. The molecule has 0 aliphatic rings. The highest BCUT2D eigenvalue weighted by atomic mass is 32.1. The Morgan fingerprint density at radius 1 is 1.20 bits per heavy atom. The summed E-state index contributed by atoms with van der Waals surface area (Å²) in [5.74, 6) is 0. The number of anilines is 1. The highest BCUT2D eigenvalue weighted by Gasteiger charge is 1.96. The molecule has 1 rings (SSSR count). The summed E-state index contributed by atoms with van der Waals surface area (Å²) in [5, 5.41) is 0. The Balaban J connectivity index is 3.28. The zero-order valence-corrected chi connectivity index (χ0v) is 7.07. The van der Waals surface area contributed by atoms with Gasteiger partial charge in [0.25, 0.3) is 0 Å². The minimum Gasteiger partial charge on any atom is -0.398 e. The third-order valence-corrected chi connectivity index (χ3v) is 2.03. The van der Waals surface area contributed by atoms with Crippen molar-refractivity contribution in [1.82, 2.24) is 0 Å². The van der Waals surface area contributed by atoms with Crippen LogP contribution in [0.5, 0.6) is 0 Å². The van der Waals surface area contributed by atoms with E-state index in [9.17, 15) is 0 Å². The van der Waals surface area contributed by atoms with E-state index in [1.807, 2.05) is 19.1 Å². The van der Waals surface area contributed by atoms with E-state index in [0.29, 0.717) is 0 Å². The Labute approximate surface area is 66.7 Å². The van der Waals surface area contributed by atoms with Crippen LogP contribution in [0.1, 0.15) is 11.1 Å². The molecule has 0 bridgehead atoms. The number of aryl methyl sites for hydroxylation is 2. The van der Waals surface area contributed by atoms with Crippen molar-refractivity contribution in [2.45, 2.75) is 18.7 Å². The van der Waals surface area contributed by atoms with Crippen LogP contribution in [-0.4, -0.2) is 0 Å². The molecule has 0 saturated carbocycles. The number of hydrogen-bond acceptors (Lipinski definition) is 2. The first-order chi connectivity index (χ1) is 4.61. The lowest BCUT2D eigenvalue weighted by Gasteiger charge is -2.03. The largest absolute Gasteiger partial charge is 0.398 e. The molecule has 0 fully saturated rings. The van der Waals surface area contributed by atoms with Gasteiger partial charge in [0.1, 0.15) is 0 Å². The van der Waals surface area contributed by atoms with Crippen molar-refractivity contribution in [2.75, 3.05) is 5.73 Å². The van der Waals surface area contributed by atoms with Gasteiger partial charge < -0.3 is 5.73 Å². The third-order valence-electron chi connectivity index (χ3n) is 1.64. The van der Waals surface area contributed by atoms with Crippen molar-refractivity contribution in [3.8, 4) is 0 Å². The molecule has 0 amide bonds. The first-order valence-electron chi connectivity index (χ1n) is 3.17. The number of nitrogen functional groups attached to an aromatic ring is 1. The second-order valence-corrected chi connectivity index (χ2v) is 2.98. The van der Waals surface area contributed by atoms with Crippen LogP contribution < -0.4 is 5.73 Å². The molecule has 0 aliphatic carbocycles. The van der Waals surface area contributed by atoms with Gasteiger partial charge in [-0.3, -0.25) is 0 Å². The molecule has 0 atom stereocenters. The van der Waals surface area contributed by atoms with Gasteiger partial charge in [-0.15, -0.1) is 12.6 Å². The van der Waals surface area contributed by atoms with E-state index in [1.54, 1.807) is 0 Å². The van der Waals surface area contributed by atoms with Crippen LogP contribution in [0.4, 0.5) is 5.69 Å². The number of thiol groups is 1. The van der Waals surface area contributed by atoms with Crippen molar-refractivity contribution < 1.29 is 0 Å². The maximum Gasteiger partial charge on any atom is 0.0452 e. The SMILES string of the molecule is Cc1cc(N)c(S)cc1C. The average Bonchev–Trinajstić information content (AvgIpc) is 1.84. The maximum absolute atomic E-state index is 5.61. The van der Waals surface area contributed by atoms with Gasteiger partial charge >= 0.3 is 0 Å². The Hall–Kier alpha value is -0.630. The van der Waals surface area contributed by atoms with Crippen LogP contribution in [0.2, 0.25) is 0 Å². The van der Waals surface area contributed by atoms with Gasteiger partial charge in [0.2, 0.25) is 0 Å². The van der Waals surface area contributed by atoms with Gasteiger partial charge in [0.15, 0.2) is 0 Å². The predicted octanol–water partition coefficient (Wildman–Crippen LogP) is 2.17. The molecule has 1 nitrogen and oxygen atoms in total. The summed E-state index contributed by atoms with van der Waals surface area (Å²) >= 11 is 4.19. The number of benzene rings is 1. The molecule has 10 heavy (non-hydrogen) atoms. The molecule has 1 aromatic rings. The lowest BCUT2D eigenvalue weighted by atomic mass is 10.1. The first kappa shape index (κ1) is 7.48. The van der Waals surface area contributed by atoms with Crippen LogP contribution >= 0.6 is 12.6 Å². The fourth-order valence-corrected chi connectivity index (χ4v) is 1.08. The van der Waals surface area contributed by atoms with Crippen molar-refractivity contribution >= 4 is 18.3 Å². The highest BCUT2D eigenvalue weighted by molar-refractivity contribution is 7.80. The standard InChI is InChI=1S/C8H11NS/c1-5-3-7(9)8(10)4-6(5)2/h3-4,10H,9H2,1-2H3. The molecule has 0 radical (unpaired) electrons.